The van der Waals surface area contributed by atoms with Gasteiger partial charge in [0.15, 0.2) is 6.61 Å². The van der Waals surface area contributed by atoms with Crippen molar-refractivity contribution < 1.29 is 14.6 Å². The van der Waals surface area contributed by atoms with Crippen LogP contribution in [0.25, 0.3) is 0 Å². The molecule has 24 heavy (non-hydrogen) atoms. The van der Waals surface area contributed by atoms with Crippen LogP contribution in [0.15, 0.2) is 53.6 Å². The van der Waals surface area contributed by atoms with Crippen LogP contribution in [0.2, 0.25) is 0 Å². The molecule has 0 unspecified atom stereocenters. The molecule has 126 valence electrons. The molecule has 0 aliphatic carbocycles. The molecule has 0 saturated heterocycles. The van der Waals surface area contributed by atoms with E-state index < -0.39 is 0 Å². The molecule has 0 aromatic heterocycles. The first-order valence-electron chi connectivity index (χ1n) is 7.69. The summed E-state index contributed by atoms with van der Waals surface area (Å²) >= 11 is 0. The summed E-state index contributed by atoms with van der Waals surface area (Å²) in [5.41, 5.74) is 4.07. The Kier molecular flexibility index (Phi) is 5.58. The molecule has 0 heterocycles. The van der Waals surface area contributed by atoms with E-state index in [1.165, 1.54) is 6.21 Å². The average molecular weight is 326 g/mol. The number of aromatic hydroxyl groups is 1. The maximum absolute atomic E-state index is 11.8. The molecule has 0 saturated carbocycles. The summed E-state index contributed by atoms with van der Waals surface area (Å²) in [5.74, 6) is 0.486. The topological polar surface area (TPSA) is 70.9 Å². The van der Waals surface area contributed by atoms with Gasteiger partial charge in [-0.05, 0) is 34.7 Å². The van der Waals surface area contributed by atoms with Crippen molar-refractivity contribution in [3.8, 4) is 11.5 Å². The van der Waals surface area contributed by atoms with E-state index in [2.05, 4.69) is 31.3 Å². The van der Waals surface area contributed by atoms with Crippen molar-refractivity contribution in [2.75, 3.05) is 6.61 Å². The van der Waals surface area contributed by atoms with E-state index in [-0.39, 0.29) is 23.7 Å². The number of amides is 1. The average Bonchev–Trinajstić information content (AvgIpc) is 2.52. The van der Waals surface area contributed by atoms with Crippen molar-refractivity contribution in [2.45, 2.75) is 26.2 Å². The van der Waals surface area contributed by atoms with Gasteiger partial charge in [-0.3, -0.25) is 4.79 Å². The third-order valence-corrected chi connectivity index (χ3v) is 3.33. The van der Waals surface area contributed by atoms with E-state index in [1.54, 1.807) is 24.3 Å². The molecule has 5 heteroatoms. The monoisotopic (exact) mass is 326 g/mol. The summed E-state index contributed by atoms with van der Waals surface area (Å²) in [5, 5.41) is 13.2. The van der Waals surface area contributed by atoms with E-state index in [1.807, 2.05) is 24.3 Å². The summed E-state index contributed by atoms with van der Waals surface area (Å²) < 4.78 is 5.62. The second-order valence-corrected chi connectivity index (χ2v) is 6.42. The van der Waals surface area contributed by atoms with Crippen molar-refractivity contribution >= 4 is 12.1 Å². The van der Waals surface area contributed by atoms with Gasteiger partial charge in [0.05, 0.1) is 6.21 Å². The first-order valence-corrected chi connectivity index (χ1v) is 7.69. The number of hydrogen-bond acceptors (Lipinski definition) is 4. The second kappa shape index (κ2) is 7.64. The van der Waals surface area contributed by atoms with Crippen LogP contribution in [0.4, 0.5) is 0 Å². The third-order valence-electron chi connectivity index (χ3n) is 3.33. The Morgan fingerprint density at radius 1 is 1.21 bits per heavy atom. The highest BCUT2D eigenvalue weighted by Crippen LogP contribution is 2.30. The summed E-state index contributed by atoms with van der Waals surface area (Å²) in [6.07, 6.45) is 1.46. The maximum atomic E-state index is 11.8. The van der Waals surface area contributed by atoms with E-state index >= 15 is 0 Å². The van der Waals surface area contributed by atoms with Gasteiger partial charge in [-0.15, -0.1) is 0 Å². The first kappa shape index (κ1) is 17.5. The zero-order valence-corrected chi connectivity index (χ0v) is 14.1. The predicted molar refractivity (Wildman–Crippen MR) is 94.5 cm³/mol. The lowest BCUT2D eigenvalue weighted by atomic mass is 9.86. The molecule has 2 aromatic rings. The van der Waals surface area contributed by atoms with Gasteiger partial charge in [-0.25, -0.2) is 5.43 Å². The molecule has 0 aliphatic rings. The normalized spacial score (nSPS) is 11.5. The summed E-state index contributed by atoms with van der Waals surface area (Å²) in [6.45, 7) is 6.16. The van der Waals surface area contributed by atoms with Gasteiger partial charge in [0, 0.05) is 0 Å². The van der Waals surface area contributed by atoms with Gasteiger partial charge in [0.25, 0.3) is 5.91 Å². The third kappa shape index (κ3) is 5.12. The number of benzene rings is 2. The number of nitrogens with one attached hydrogen (secondary N) is 1. The van der Waals surface area contributed by atoms with Crippen molar-refractivity contribution in [3.63, 3.8) is 0 Å². The smallest absolute Gasteiger partial charge is 0.277 e. The molecule has 2 N–H and O–H groups in total. The predicted octanol–water partition coefficient (Wildman–Crippen LogP) is 3.22. The number of phenolic OH excluding ortho intramolecular Hbond substituents is 1. The number of para-hydroxylation sites is 1. The Bertz CT molecular complexity index is 733. The highest BCUT2D eigenvalue weighted by atomic mass is 16.5. The fourth-order valence-corrected chi connectivity index (χ4v) is 2.17. The molecule has 0 fully saturated rings. The Balaban J connectivity index is 1.90. The van der Waals surface area contributed by atoms with Crippen molar-refractivity contribution in [3.05, 3.63) is 59.7 Å². The summed E-state index contributed by atoms with van der Waals surface area (Å²) in [4.78, 5) is 11.8. The van der Waals surface area contributed by atoms with Crippen molar-refractivity contribution in [1.82, 2.24) is 5.43 Å². The number of nitrogens with zero attached hydrogens (tertiary/aromatic N) is 1. The Morgan fingerprint density at radius 3 is 2.67 bits per heavy atom. The summed E-state index contributed by atoms with van der Waals surface area (Å²) in [6, 6.07) is 14.3. The van der Waals surface area contributed by atoms with Crippen LogP contribution >= 0.6 is 0 Å². The molecular weight excluding hydrogens is 304 g/mol. The van der Waals surface area contributed by atoms with E-state index in [0.29, 0.717) is 11.3 Å². The van der Waals surface area contributed by atoms with E-state index in [9.17, 15) is 9.90 Å². The van der Waals surface area contributed by atoms with Crippen LogP contribution in [0.3, 0.4) is 0 Å². The number of hydrogen-bond donors (Lipinski definition) is 2. The largest absolute Gasteiger partial charge is 0.508 e. The lowest BCUT2D eigenvalue weighted by molar-refractivity contribution is -0.123. The highest BCUT2D eigenvalue weighted by Gasteiger charge is 2.18. The van der Waals surface area contributed by atoms with E-state index in [0.717, 1.165) is 5.56 Å². The standard InChI is InChI=1S/C19H22N2O3/c1-19(2,3)16-9-4-5-10-17(16)24-13-18(23)21-20-12-14-7-6-8-15(22)11-14/h4-12,22H,13H2,1-3H3,(H,21,23)/b20-12+. The van der Waals surface area contributed by atoms with Gasteiger partial charge in [0.2, 0.25) is 0 Å². The molecule has 0 radical (unpaired) electrons. The fraction of sp³-hybridized carbons (Fsp3) is 0.263. The lowest BCUT2D eigenvalue weighted by Gasteiger charge is -2.22. The zero-order chi connectivity index (χ0) is 17.6. The molecule has 0 atom stereocenters. The van der Waals surface area contributed by atoms with Gasteiger partial charge < -0.3 is 9.84 Å². The van der Waals surface area contributed by atoms with Gasteiger partial charge in [-0.2, -0.15) is 5.10 Å². The molecule has 1 amide bonds. The molecule has 0 bridgehead atoms. The van der Waals surface area contributed by atoms with Crippen LogP contribution < -0.4 is 10.2 Å². The quantitative estimate of drug-likeness (QED) is 0.654. The maximum Gasteiger partial charge on any atom is 0.277 e. The summed E-state index contributed by atoms with van der Waals surface area (Å²) in [7, 11) is 0. The SMILES string of the molecule is CC(C)(C)c1ccccc1OCC(=O)N/N=C/c1cccc(O)c1. The number of carbonyl (C=O) groups is 1. The number of ether oxygens (including phenoxy) is 1. The van der Waals surface area contributed by atoms with Crippen LogP contribution in [0, 0.1) is 0 Å². The number of carbonyl (C=O) groups excluding carboxylic acids is 1. The molecule has 2 aromatic carbocycles. The minimum Gasteiger partial charge on any atom is -0.508 e. The van der Waals surface area contributed by atoms with Crippen LogP contribution in [0.1, 0.15) is 31.9 Å². The van der Waals surface area contributed by atoms with Crippen LogP contribution in [0.5, 0.6) is 11.5 Å². The van der Waals surface area contributed by atoms with Gasteiger partial charge in [0.1, 0.15) is 11.5 Å². The fourth-order valence-electron chi connectivity index (χ4n) is 2.17. The minimum absolute atomic E-state index is 0.0689. The number of rotatable bonds is 5. The first-order chi connectivity index (χ1) is 11.4. The second-order valence-electron chi connectivity index (χ2n) is 6.42. The molecule has 5 nitrogen and oxygen atoms in total. The lowest BCUT2D eigenvalue weighted by Crippen LogP contribution is -2.25. The zero-order valence-electron chi connectivity index (χ0n) is 14.1. The van der Waals surface area contributed by atoms with Crippen molar-refractivity contribution in [1.29, 1.82) is 0 Å². The molecule has 2 rings (SSSR count). The molecular formula is C19H22N2O3. The van der Waals surface area contributed by atoms with Crippen molar-refractivity contribution in [2.24, 2.45) is 5.10 Å². The van der Waals surface area contributed by atoms with E-state index in [4.69, 9.17) is 4.74 Å². The number of hydrazone groups is 1. The molecule has 0 spiro atoms. The van der Waals surface area contributed by atoms with Crippen LogP contribution in [-0.2, 0) is 10.2 Å². The minimum atomic E-state index is -0.352. The Labute approximate surface area is 142 Å². The highest BCUT2D eigenvalue weighted by molar-refractivity contribution is 5.83. The molecule has 0 aliphatic heterocycles. The number of phenols is 1. The van der Waals surface area contributed by atoms with Gasteiger partial charge >= 0.3 is 0 Å². The van der Waals surface area contributed by atoms with Crippen LogP contribution in [-0.4, -0.2) is 23.8 Å². The Hall–Kier alpha value is -2.82. The Morgan fingerprint density at radius 2 is 1.96 bits per heavy atom. The van der Waals surface area contributed by atoms with Gasteiger partial charge in [-0.1, -0.05) is 51.1 Å².